The van der Waals surface area contributed by atoms with Crippen LogP contribution in [0.5, 0.6) is 0 Å². The van der Waals surface area contributed by atoms with Crippen molar-refractivity contribution in [1.29, 1.82) is 0 Å². The second kappa shape index (κ2) is 4.72. The van der Waals surface area contributed by atoms with Crippen molar-refractivity contribution in [2.75, 3.05) is 0 Å². The van der Waals surface area contributed by atoms with Crippen LogP contribution >= 0.6 is 0 Å². The molecule has 1 amide bonds. The first kappa shape index (κ1) is 13.1. The summed E-state index contributed by atoms with van der Waals surface area (Å²) in [6, 6.07) is 3.86. The minimum Gasteiger partial charge on any atom is -0.454 e. The lowest BCUT2D eigenvalue weighted by atomic mass is 10.3. The second-order valence-electron chi connectivity index (χ2n) is 5.76. The number of fused-ring (bicyclic) bond motifs is 1. The third kappa shape index (κ3) is 2.18. The molecule has 1 N–H and O–H groups in total. The van der Waals surface area contributed by atoms with Crippen LogP contribution in [0.1, 0.15) is 34.9 Å². The number of aromatic nitrogens is 4. The van der Waals surface area contributed by atoms with Crippen molar-refractivity contribution in [1.82, 2.24) is 24.9 Å². The van der Waals surface area contributed by atoms with E-state index in [0.29, 0.717) is 24.1 Å². The Balaban J connectivity index is 1.57. The molecule has 1 aliphatic carbocycles. The number of carbonyl (C=O) groups excluding carboxylic acids is 1. The third-order valence-electron chi connectivity index (χ3n) is 3.92. The molecule has 4 rings (SSSR count). The van der Waals surface area contributed by atoms with Crippen molar-refractivity contribution >= 4 is 16.9 Å². The fourth-order valence-electron chi connectivity index (χ4n) is 2.65. The summed E-state index contributed by atoms with van der Waals surface area (Å²) in [5, 5.41) is 11.7. The van der Waals surface area contributed by atoms with E-state index in [0.717, 1.165) is 29.6 Å². The number of amides is 1. The molecule has 7 nitrogen and oxygen atoms in total. The minimum atomic E-state index is -0.142. The highest BCUT2D eigenvalue weighted by atomic mass is 16.4. The molecule has 114 valence electrons. The van der Waals surface area contributed by atoms with E-state index in [4.69, 9.17) is 4.42 Å². The lowest BCUT2D eigenvalue weighted by Crippen LogP contribution is -2.24. The van der Waals surface area contributed by atoms with Crippen LogP contribution in [-0.4, -0.2) is 31.5 Å². The van der Waals surface area contributed by atoms with E-state index in [9.17, 15) is 4.79 Å². The summed E-state index contributed by atoms with van der Waals surface area (Å²) >= 11 is 0. The largest absolute Gasteiger partial charge is 0.454 e. The highest BCUT2D eigenvalue weighted by Crippen LogP contribution is 2.21. The summed E-state index contributed by atoms with van der Waals surface area (Å²) < 4.78 is 9.30. The van der Waals surface area contributed by atoms with E-state index in [-0.39, 0.29) is 5.91 Å². The van der Waals surface area contributed by atoms with E-state index in [2.05, 4.69) is 15.5 Å². The Kier molecular flexibility index (Phi) is 2.82. The monoisotopic (exact) mass is 299 g/mol. The molecular formula is C15H17N5O2. The first-order valence-electron chi connectivity index (χ1n) is 7.36. The average molecular weight is 299 g/mol. The SMILES string of the molecule is Cc1nn(C)c2cnn(Cc3ccc(C(=O)NC4CC4)o3)c12. The molecule has 1 aliphatic rings. The lowest BCUT2D eigenvalue weighted by Gasteiger charge is -2.01. The van der Waals surface area contributed by atoms with Crippen molar-refractivity contribution in [2.24, 2.45) is 7.05 Å². The molecule has 3 aromatic heterocycles. The molecule has 0 aromatic carbocycles. The summed E-state index contributed by atoms with van der Waals surface area (Å²) in [6.07, 6.45) is 3.91. The maximum absolute atomic E-state index is 11.9. The number of nitrogens with zero attached hydrogens (tertiary/aromatic N) is 4. The molecule has 1 saturated carbocycles. The molecule has 7 heteroatoms. The molecule has 0 aliphatic heterocycles. The van der Waals surface area contributed by atoms with E-state index < -0.39 is 0 Å². The fraction of sp³-hybridized carbons (Fsp3) is 0.400. The van der Waals surface area contributed by atoms with Crippen molar-refractivity contribution in [3.63, 3.8) is 0 Å². The van der Waals surface area contributed by atoms with Gasteiger partial charge in [0.1, 0.15) is 16.8 Å². The van der Waals surface area contributed by atoms with Gasteiger partial charge in [-0.15, -0.1) is 0 Å². The zero-order valence-electron chi connectivity index (χ0n) is 12.5. The Hall–Kier alpha value is -2.57. The van der Waals surface area contributed by atoms with Crippen LogP contribution < -0.4 is 5.32 Å². The maximum atomic E-state index is 11.9. The molecule has 0 saturated heterocycles. The first-order valence-corrected chi connectivity index (χ1v) is 7.36. The Labute approximate surface area is 126 Å². The van der Waals surface area contributed by atoms with Crippen molar-refractivity contribution in [3.05, 3.63) is 35.5 Å². The summed E-state index contributed by atoms with van der Waals surface area (Å²) in [6.45, 7) is 2.43. The van der Waals surface area contributed by atoms with Gasteiger partial charge in [0.15, 0.2) is 5.76 Å². The van der Waals surface area contributed by atoms with Crippen LogP contribution in [0.3, 0.4) is 0 Å². The standard InChI is InChI=1S/C15H17N5O2/c1-9-14-12(19(2)18-9)7-16-20(14)8-11-5-6-13(22-11)15(21)17-10-3-4-10/h5-7,10H,3-4,8H2,1-2H3,(H,17,21). The zero-order chi connectivity index (χ0) is 15.3. The third-order valence-corrected chi connectivity index (χ3v) is 3.92. The predicted octanol–water partition coefficient (Wildman–Crippen LogP) is 1.61. The number of nitrogens with one attached hydrogen (secondary N) is 1. The van der Waals surface area contributed by atoms with Crippen LogP contribution in [0.2, 0.25) is 0 Å². The lowest BCUT2D eigenvalue weighted by molar-refractivity contribution is 0.0921. The highest BCUT2D eigenvalue weighted by Gasteiger charge is 2.25. The number of carbonyl (C=O) groups is 1. The van der Waals surface area contributed by atoms with Gasteiger partial charge in [-0.05, 0) is 31.9 Å². The number of hydrogen-bond donors (Lipinski definition) is 1. The highest BCUT2D eigenvalue weighted by molar-refractivity contribution is 5.91. The Bertz CT molecular complexity index is 853. The average Bonchev–Trinajstić information content (AvgIpc) is 2.93. The summed E-state index contributed by atoms with van der Waals surface area (Å²) in [7, 11) is 1.90. The van der Waals surface area contributed by atoms with Crippen LogP contribution in [-0.2, 0) is 13.6 Å². The number of hydrogen-bond acceptors (Lipinski definition) is 4. The number of furan rings is 1. The van der Waals surface area contributed by atoms with Crippen molar-refractivity contribution < 1.29 is 9.21 Å². The van der Waals surface area contributed by atoms with E-state index in [1.54, 1.807) is 12.3 Å². The number of rotatable bonds is 4. The van der Waals surface area contributed by atoms with Gasteiger partial charge in [-0.25, -0.2) is 0 Å². The topological polar surface area (TPSA) is 77.9 Å². The van der Waals surface area contributed by atoms with Crippen molar-refractivity contribution in [2.45, 2.75) is 32.4 Å². The van der Waals surface area contributed by atoms with Gasteiger partial charge in [-0.1, -0.05) is 0 Å². The maximum Gasteiger partial charge on any atom is 0.287 e. The summed E-state index contributed by atoms with van der Waals surface area (Å²) in [5.41, 5.74) is 2.90. The van der Waals surface area contributed by atoms with Gasteiger partial charge >= 0.3 is 0 Å². The van der Waals surface area contributed by atoms with Gasteiger partial charge in [-0.2, -0.15) is 10.2 Å². The van der Waals surface area contributed by atoms with Gasteiger partial charge in [0.25, 0.3) is 5.91 Å². The molecule has 0 radical (unpaired) electrons. The van der Waals surface area contributed by atoms with E-state index in [1.165, 1.54) is 0 Å². The molecule has 3 aromatic rings. The molecular weight excluding hydrogens is 282 g/mol. The van der Waals surface area contributed by atoms with E-state index >= 15 is 0 Å². The predicted molar refractivity (Wildman–Crippen MR) is 79.5 cm³/mol. The molecule has 0 unspecified atom stereocenters. The Morgan fingerprint density at radius 1 is 1.45 bits per heavy atom. The fourth-order valence-corrected chi connectivity index (χ4v) is 2.65. The van der Waals surface area contributed by atoms with Crippen LogP contribution in [0, 0.1) is 6.92 Å². The van der Waals surface area contributed by atoms with Gasteiger partial charge < -0.3 is 9.73 Å². The molecule has 3 heterocycles. The van der Waals surface area contributed by atoms with Crippen LogP contribution in [0.15, 0.2) is 22.7 Å². The van der Waals surface area contributed by atoms with E-state index in [1.807, 2.05) is 29.4 Å². The smallest absolute Gasteiger partial charge is 0.287 e. The molecule has 22 heavy (non-hydrogen) atoms. The molecule has 1 fully saturated rings. The summed E-state index contributed by atoms with van der Waals surface area (Å²) in [4.78, 5) is 11.9. The Morgan fingerprint density at radius 2 is 2.27 bits per heavy atom. The van der Waals surface area contributed by atoms with Gasteiger partial charge in [0.05, 0.1) is 18.4 Å². The quantitative estimate of drug-likeness (QED) is 0.794. The molecule has 0 atom stereocenters. The Morgan fingerprint density at radius 3 is 3.05 bits per heavy atom. The molecule has 0 spiro atoms. The van der Waals surface area contributed by atoms with Crippen LogP contribution in [0.25, 0.3) is 11.0 Å². The van der Waals surface area contributed by atoms with Gasteiger partial charge in [-0.3, -0.25) is 14.2 Å². The molecule has 0 bridgehead atoms. The summed E-state index contributed by atoms with van der Waals surface area (Å²) in [5.74, 6) is 0.916. The minimum absolute atomic E-state index is 0.142. The zero-order valence-corrected chi connectivity index (χ0v) is 12.5. The van der Waals surface area contributed by atoms with Crippen molar-refractivity contribution in [3.8, 4) is 0 Å². The van der Waals surface area contributed by atoms with Crippen LogP contribution in [0.4, 0.5) is 0 Å². The first-order chi connectivity index (χ1) is 10.6. The normalized spacial score (nSPS) is 14.6. The number of aryl methyl sites for hydroxylation is 2. The van der Waals surface area contributed by atoms with Gasteiger partial charge in [0, 0.05) is 13.1 Å². The van der Waals surface area contributed by atoms with Gasteiger partial charge in [0.2, 0.25) is 0 Å². The second-order valence-corrected chi connectivity index (χ2v) is 5.76.